The highest BCUT2D eigenvalue weighted by molar-refractivity contribution is 5.79. The molecule has 3 aromatic rings. The molecular weight excluding hydrogens is 262 g/mol. The van der Waals surface area contributed by atoms with Crippen molar-refractivity contribution < 1.29 is 4.74 Å². The van der Waals surface area contributed by atoms with Gasteiger partial charge < -0.3 is 14.6 Å². The second-order valence-electron chi connectivity index (χ2n) is 5.19. The molecule has 1 N–H and O–H groups in total. The Labute approximate surface area is 124 Å². The van der Waals surface area contributed by atoms with Crippen molar-refractivity contribution in [3.8, 4) is 5.75 Å². The van der Waals surface area contributed by atoms with Crippen LogP contribution in [0, 0.1) is 6.92 Å². The number of nitrogens with one attached hydrogen (secondary N) is 1. The van der Waals surface area contributed by atoms with Crippen LogP contribution in [0.4, 0.5) is 5.95 Å². The Bertz CT molecular complexity index is 760. The molecule has 0 aliphatic rings. The topological polar surface area (TPSA) is 39.1 Å². The Kier molecular flexibility index (Phi) is 3.52. The summed E-state index contributed by atoms with van der Waals surface area (Å²) >= 11 is 0. The number of hydrogen-bond donors (Lipinski definition) is 1. The van der Waals surface area contributed by atoms with E-state index in [1.807, 2.05) is 19.2 Å². The number of fused-ring (bicyclic) bond motifs is 1. The van der Waals surface area contributed by atoms with Crippen LogP contribution in [0.3, 0.4) is 0 Å². The van der Waals surface area contributed by atoms with Gasteiger partial charge in [-0.3, -0.25) is 0 Å². The van der Waals surface area contributed by atoms with Gasteiger partial charge in [0, 0.05) is 13.6 Å². The van der Waals surface area contributed by atoms with Crippen molar-refractivity contribution in [2.24, 2.45) is 7.05 Å². The average molecular weight is 281 g/mol. The molecule has 108 valence electrons. The summed E-state index contributed by atoms with van der Waals surface area (Å²) in [6.45, 7) is 2.82. The number of aromatic nitrogens is 2. The predicted octanol–water partition coefficient (Wildman–Crippen LogP) is 3.50. The highest BCUT2D eigenvalue weighted by Crippen LogP contribution is 2.20. The van der Waals surface area contributed by atoms with E-state index >= 15 is 0 Å². The van der Waals surface area contributed by atoms with Crippen molar-refractivity contribution >= 4 is 17.0 Å². The molecule has 4 nitrogen and oxygen atoms in total. The summed E-state index contributed by atoms with van der Waals surface area (Å²) in [5, 5.41) is 3.39. The van der Waals surface area contributed by atoms with E-state index in [4.69, 9.17) is 4.74 Å². The van der Waals surface area contributed by atoms with Crippen molar-refractivity contribution in [1.29, 1.82) is 0 Å². The number of hydrogen-bond acceptors (Lipinski definition) is 3. The van der Waals surface area contributed by atoms with Crippen LogP contribution in [0.5, 0.6) is 5.75 Å². The molecular formula is C17H19N3O. The van der Waals surface area contributed by atoms with Gasteiger partial charge in [0.2, 0.25) is 5.95 Å². The Hall–Kier alpha value is -2.49. The lowest BCUT2D eigenvalue weighted by Crippen LogP contribution is -2.04. The number of imidazole rings is 1. The van der Waals surface area contributed by atoms with Gasteiger partial charge in [0.25, 0.3) is 0 Å². The molecule has 1 aromatic heterocycles. The van der Waals surface area contributed by atoms with Gasteiger partial charge in [-0.15, -0.1) is 0 Å². The summed E-state index contributed by atoms with van der Waals surface area (Å²) in [4.78, 5) is 4.65. The summed E-state index contributed by atoms with van der Waals surface area (Å²) in [6.07, 6.45) is 0. The number of anilines is 1. The molecule has 0 amide bonds. The third-order valence-electron chi connectivity index (χ3n) is 3.65. The van der Waals surface area contributed by atoms with Gasteiger partial charge in [-0.2, -0.15) is 0 Å². The fraction of sp³-hybridized carbons (Fsp3) is 0.235. The Morgan fingerprint density at radius 1 is 1.14 bits per heavy atom. The van der Waals surface area contributed by atoms with Crippen molar-refractivity contribution in [3.05, 3.63) is 53.6 Å². The number of rotatable bonds is 4. The standard InChI is InChI=1S/C17H19N3O/c1-12-4-9-16-15(10-12)19-17(20(16)2)18-11-13-5-7-14(21-3)8-6-13/h4-10H,11H2,1-3H3,(H,18,19). The Balaban J connectivity index is 1.79. The molecule has 1 heterocycles. The van der Waals surface area contributed by atoms with E-state index in [0.717, 1.165) is 29.3 Å². The fourth-order valence-electron chi connectivity index (χ4n) is 2.39. The van der Waals surface area contributed by atoms with E-state index in [0.29, 0.717) is 0 Å². The van der Waals surface area contributed by atoms with Gasteiger partial charge in [-0.1, -0.05) is 18.2 Å². The molecule has 0 aliphatic heterocycles. The number of methoxy groups -OCH3 is 1. The first kappa shape index (κ1) is 13.5. The summed E-state index contributed by atoms with van der Waals surface area (Å²) < 4.78 is 7.25. The summed E-state index contributed by atoms with van der Waals surface area (Å²) in [5.74, 6) is 1.75. The molecule has 21 heavy (non-hydrogen) atoms. The van der Waals surface area contributed by atoms with Crippen molar-refractivity contribution in [1.82, 2.24) is 9.55 Å². The molecule has 0 saturated carbocycles. The van der Waals surface area contributed by atoms with Gasteiger partial charge in [-0.25, -0.2) is 4.98 Å². The molecule has 4 heteroatoms. The molecule has 0 unspecified atom stereocenters. The molecule has 0 saturated heterocycles. The Morgan fingerprint density at radius 3 is 2.62 bits per heavy atom. The van der Waals surface area contributed by atoms with Crippen LogP contribution in [-0.2, 0) is 13.6 Å². The van der Waals surface area contributed by atoms with Gasteiger partial charge in [0.15, 0.2) is 0 Å². The monoisotopic (exact) mass is 281 g/mol. The minimum atomic E-state index is 0.736. The quantitative estimate of drug-likeness (QED) is 0.795. The van der Waals surface area contributed by atoms with Crippen LogP contribution in [0.15, 0.2) is 42.5 Å². The van der Waals surface area contributed by atoms with E-state index in [-0.39, 0.29) is 0 Å². The zero-order chi connectivity index (χ0) is 14.8. The first-order chi connectivity index (χ1) is 10.2. The molecule has 0 fully saturated rings. The largest absolute Gasteiger partial charge is 0.497 e. The first-order valence-corrected chi connectivity index (χ1v) is 6.97. The summed E-state index contributed by atoms with van der Waals surface area (Å²) in [5.41, 5.74) is 4.58. The lowest BCUT2D eigenvalue weighted by molar-refractivity contribution is 0.414. The second-order valence-corrected chi connectivity index (χ2v) is 5.19. The molecule has 0 spiro atoms. The van der Waals surface area contributed by atoms with Crippen LogP contribution in [0.2, 0.25) is 0 Å². The van der Waals surface area contributed by atoms with Crippen LogP contribution in [-0.4, -0.2) is 16.7 Å². The van der Waals surface area contributed by atoms with E-state index in [9.17, 15) is 0 Å². The molecule has 0 bridgehead atoms. The fourth-order valence-corrected chi connectivity index (χ4v) is 2.39. The second kappa shape index (κ2) is 5.48. The molecule has 3 rings (SSSR count). The zero-order valence-corrected chi connectivity index (χ0v) is 12.6. The van der Waals surface area contributed by atoms with Gasteiger partial charge in [0.05, 0.1) is 18.1 Å². The van der Waals surface area contributed by atoms with Gasteiger partial charge in [0.1, 0.15) is 5.75 Å². The average Bonchev–Trinajstić information content (AvgIpc) is 2.81. The smallest absolute Gasteiger partial charge is 0.203 e. The van der Waals surface area contributed by atoms with Gasteiger partial charge in [-0.05, 0) is 42.3 Å². The number of aryl methyl sites for hydroxylation is 2. The minimum absolute atomic E-state index is 0.736. The van der Waals surface area contributed by atoms with Crippen LogP contribution in [0.1, 0.15) is 11.1 Å². The van der Waals surface area contributed by atoms with E-state index < -0.39 is 0 Å². The third kappa shape index (κ3) is 2.70. The number of ether oxygens (including phenoxy) is 1. The number of benzene rings is 2. The lowest BCUT2D eigenvalue weighted by atomic mass is 10.2. The van der Waals surface area contributed by atoms with E-state index in [1.165, 1.54) is 11.1 Å². The first-order valence-electron chi connectivity index (χ1n) is 6.97. The minimum Gasteiger partial charge on any atom is -0.497 e. The maximum absolute atomic E-state index is 5.17. The van der Waals surface area contributed by atoms with E-state index in [1.54, 1.807) is 7.11 Å². The molecule has 0 atom stereocenters. The lowest BCUT2D eigenvalue weighted by Gasteiger charge is -2.07. The number of nitrogens with zero attached hydrogens (tertiary/aromatic N) is 2. The van der Waals surface area contributed by atoms with E-state index in [2.05, 4.69) is 52.1 Å². The Morgan fingerprint density at radius 2 is 1.90 bits per heavy atom. The molecule has 0 radical (unpaired) electrons. The van der Waals surface area contributed by atoms with Crippen LogP contribution >= 0.6 is 0 Å². The summed E-state index contributed by atoms with van der Waals surface area (Å²) in [7, 11) is 3.70. The third-order valence-corrected chi connectivity index (χ3v) is 3.65. The SMILES string of the molecule is COc1ccc(CNc2nc3cc(C)ccc3n2C)cc1. The van der Waals surface area contributed by atoms with Crippen molar-refractivity contribution in [2.75, 3.05) is 12.4 Å². The van der Waals surface area contributed by atoms with Crippen LogP contribution in [0.25, 0.3) is 11.0 Å². The highest BCUT2D eigenvalue weighted by Gasteiger charge is 2.07. The molecule has 2 aromatic carbocycles. The summed E-state index contributed by atoms with van der Waals surface area (Å²) in [6, 6.07) is 14.4. The molecule has 0 aliphatic carbocycles. The van der Waals surface area contributed by atoms with Gasteiger partial charge >= 0.3 is 0 Å². The predicted molar refractivity (Wildman–Crippen MR) is 85.8 cm³/mol. The van der Waals surface area contributed by atoms with Crippen molar-refractivity contribution in [2.45, 2.75) is 13.5 Å². The maximum atomic E-state index is 5.17. The zero-order valence-electron chi connectivity index (χ0n) is 12.6. The maximum Gasteiger partial charge on any atom is 0.203 e. The van der Waals surface area contributed by atoms with Crippen LogP contribution < -0.4 is 10.1 Å². The highest BCUT2D eigenvalue weighted by atomic mass is 16.5. The normalized spacial score (nSPS) is 10.8. The van der Waals surface area contributed by atoms with Crippen molar-refractivity contribution in [3.63, 3.8) is 0 Å².